The Labute approximate surface area is 171 Å². The molecule has 0 unspecified atom stereocenters. The number of pyridine rings is 1. The third-order valence-electron chi connectivity index (χ3n) is 4.24. The van der Waals surface area contributed by atoms with E-state index in [9.17, 15) is 9.35 Å². The lowest BCUT2D eigenvalue weighted by molar-refractivity contribution is 0.0519. The Hall–Kier alpha value is -1.41. The van der Waals surface area contributed by atoms with E-state index < -0.39 is 17.3 Å². The molecule has 0 fully saturated rings. The highest BCUT2D eigenvalue weighted by Gasteiger charge is 2.38. The van der Waals surface area contributed by atoms with Gasteiger partial charge in [0.05, 0.1) is 25.4 Å². The first-order valence-corrected chi connectivity index (χ1v) is 10.7. The zero-order valence-corrected chi connectivity index (χ0v) is 18.3. The van der Waals surface area contributed by atoms with E-state index in [1.54, 1.807) is 13.0 Å². The summed E-state index contributed by atoms with van der Waals surface area (Å²) in [7, 11) is 0. The molecule has 144 valence electrons. The Morgan fingerprint density at radius 3 is 2.70 bits per heavy atom. The van der Waals surface area contributed by atoms with Crippen LogP contribution < -0.4 is 0 Å². The van der Waals surface area contributed by atoms with Crippen molar-refractivity contribution in [3.05, 3.63) is 51.6 Å². The number of rotatable bonds is 4. The second-order valence-electron chi connectivity index (χ2n) is 7.38. The smallest absolute Gasteiger partial charge is 0.356 e. The predicted octanol–water partition coefficient (Wildman–Crippen LogP) is 4.47. The molecule has 0 aliphatic carbocycles. The summed E-state index contributed by atoms with van der Waals surface area (Å²) in [6, 6.07) is 9.59. The van der Waals surface area contributed by atoms with Gasteiger partial charge in [0.2, 0.25) is 0 Å². The van der Waals surface area contributed by atoms with E-state index in [0.717, 1.165) is 26.9 Å². The van der Waals surface area contributed by atoms with Crippen LogP contribution >= 0.6 is 15.9 Å². The van der Waals surface area contributed by atoms with Gasteiger partial charge in [-0.25, -0.2) is 9.78 Å². The first-order chi connectivity index (χ1) is 12.7. The van der Waals surface area contributed by atoms with Gasteiger partial charge in [0, 0.05) is 27.0 Å². The number of carbonyl (C=O) groups excluding carboxylic acids is 1. The third kappa shape index (κ3) is 4.37. The first-order valence-electron chi connectivity index (χ1n) is 8.83. The van der Waals surface area contributed by atoms with Gasteiger partial charge >= 0.3 is 5.97 Å². The van der Waals surface area contributed by atoms with E-state index in [-0.39, 0.29) is 10.4 Å². The number of carbonyl (C=O) groups is 1. The van der Waals surface area contributed by atoms with Crippen LogP contribution in [0.2, 0.25) is 0 Å². The highest BCUT2D eigenvalue weighted by Crippen LogP contribution is 2.36. The SMILES string of the molecule is CCOC(=O)c1cc2c(c(-c3cccc(Br)c3)n1)CN([S@@+]([O-])C(C)(C)C)C2. The molecule has 0 saturated heterocycles. The Morgan fingerprint density at radius 2 is 2.07 bits per heavy atom. The molecule has 1 aliphatic heterocycles. The quantitative estimate of drug-likeness (QED) is 0.507. The van der Waals surface area contributed by atoms with Crippen LogP contribution in [0, 0.1) is 0 Å². The molecule has 0 N–H and O–H groups in total. The van der Waals surface area contributed by atoms with E-state index >= 15 is 0 Å². The molecular weight excluding hydrogens is 428 g/mol. The Balaban J connectivity index is 2.07. The Kier molecular flexibility index (Phi) is 5.96. The fourth-order valence-corrected chi connectivity index (χ4v) is 4.73. The van der Waals surface area contributed by atoms with Crippen molar-refractivity contribution in [3.8, 4) is 11.3 Å². The molecular formula is C20H23BrN2O3S. The minimum Gasteiger partial charge on any atom is -0.597 e. The summed E-state index contributed by atoms with van der Waals surface area (Å²) in [5.74, 6) is -0.438. The molecule has 2 aromatic rings. The molecule has 3 rings (SSSR count). The average molecular weight is 451 g/mol. The molecule has 27 heavy (non-hydrogen) atoms. The second kappa shape index (κ2) is 7.91. The van der Waals surface area contributed by atoms with Crippen LogP contribution in [0.15, 0.2) is 34.8 Å². The minimum atomic E-state index is -1.15. The lowest BCUT2D eigenvalue weighted by Gasteiger charge is -2.29. The molecule has 1 atom stereocenters. The number of aromatic nitrogens is 1. The van der Waals surface area contributed by atoms with Gasteiger partial charge in [-0.1, -0.05) is 28.1 Å². The van der Waals surface area contributed by atoms with Gasteiger partial charge in [-0.15, -0.1) is 4.31 Å². The van der Waals surface area contributed by atoms with E-state index in [4.69, 9.17) is 4.74 Å². The van der Waals surface area contributed by atoms with E-state index in [2.05, 4.69) is 20.9 Å². The Bertz CT molecular complexity index is 867. The molecule has 0 bridgehead atoms. The highest BCUT2D eigenvalue weighted by molar-refractivity contribution is 9.10. The van der Waals surface area contributed by atoms with Crippen molar-refractivity contribution in [2.45, 2.75) is 45.5 Å². The first kappa shape index (κ1) is 20.3. The molecule has 0 saturated carbocycles. The van der Waals surface area contributed by atoms with Gasteiger partial charge in [0.15, 0.2) is 0 Å². The summed E-state index contributed by atoms with van der Waals surface area (Å²) in [6.45, 7) is 9.02. The lowest BCUT2D eigenvalue weighted by atomic mass is 10.0. The monoisotopic (exact) mass is 450 g/mol. The second-order valence-corrected chi connectivity index (χ2v) is 10.5. The van der Waals surface area contributed by atoms with Crippen molar-refractivity contribution in [1.82, 2.24) is 9.29 Å². The van der Waals surface area contributed by atoms with Gasteiger partial charge in [0.25, 0.3) is 0 Å². The highest BCUT2D eigenvalue weighted by atomic mass is 79.9. The van der Waals surface area contributed by atoms with Crippen LogP contribution in [0.25, 0.3) is 11.3 Å². The van der Waals surface area contributed by atoms with Gasteiger partial charge in [-0.05, 0) is 51.5 Å². The van der Waals surface area contributed by atoms with Crippen LogP contribution in [0.5, 0.6) is 0 Å². The van der Waals surface area contributed by atoms with Crippen LogP contribution in [0.3, 0.4) is 0 Å². The van der Waals surface area contributed by atoms with Crippen molar-refractivity contribution >= 4 is 33.3 Å². The number of hydrogen-bond donors (Lipinski definition) is 0. The fraction of sp³-hybridized carbons (Fsp3) is 0.400. The molecule has 2 heterocycles. The van der Waals surface area contributed by atoms with Crippen molar-refractivity contribution < 1.29 is 14.1 Å². The average Bonchev–Trinajstić information content (AvgIpc) is 3.03. The maximum atomic E-state index is 12.9. The summed E-state index contributed by atoms with van der Waals surface area (Å²) in [6.07, 6.45) is 0. The molecule has 7 heteroatoms. The van der Waals surface area contributed by atoms with Crippen LogP contribution in [-0.4, -0.2) is 31.2 Å². The molecule has 1 aromatic heterocycles. The summed E-state index contributed by atoms with van der Waals surface area (Å²) >= 11 is 2.35. The molecule has 1 aliphatic rings. The Morgan fingerprint density at radius 1 is 1.33 bits per heavy atom. The normalized spacial score (nSPS) is 15.5. The number of ether oxygens (including phenoxy) is 1. The summed E-state index contributed by atoms with van der Waals surface area (Å²) in [5, 5.41) is 0. The van der Waals surface area contributed by atoms with E-state index in [1.807, 2.05) is 49.3 Å². The molecule has 0 spiro atoms. The van der Waals surface area contributed by atoms with Gasteiger partial charge < -0.3 is 9.29 Å². The van der Waals surface area contributed by atoms with Gasteiger partial charge in [0.1, 0.15) is 10.4 Å². The molecule has 0 amide bonds. The predicted molar refractivity (Wildman–Crippen MR) is 110 cm³/mol. The fourth-order valence-electron chi connectivity index (χ4n) is 3.05. The third-order valence-corrected chi connectivity index (χ3v) is 6.51. The maximum Gasteiger partial charge on any atom is 0.356 e. The molecule has 0 radical (unpaired) electrons. The van der Waals surface area contributed by atoms with Crippen molar-refractivity contribution in [3.63, 3.8) is 0 Å². The maximum absolute atomic E-state index is 12.9. The van der Waals surface area contributed by atoms with E-state index in [1.165, 1.54) is 0 Å². The van der Waals surface area contributed by atoms with Crippen molar-refractivity contribution in [2.24, 2.45) is 0 Å². The summed E-state index contributed by atoms with van der Waals surface area (Å²) < 4.78 is 20.5. The molecule has 5 nitrogen and oxygen atoms in total. The van der Waals surface area contributed by atoms with E-state index in [0.29, 0.717) is 19.7 Å². The zero-order chi connectivity index (χ0) is 19.8. The number of hydrogen-bond acceptors (Lipinski definition) is 5. The summed E-state index contributed by atoms with van der Waals surface area (Å²) in [4.78, 5) is 16.9. The summed E-state index contributed by atoms with van der Waals surface area (Å²) in [5.41, 5.74) is 3.92. The number of esters is 1. The topological polar surface area (TPSA) is 65.5 Å². The minimum absolute atomic E-state index is 0.286. The number of fused-ring (bicyclic) bond motifs is 1. The molecule has 1 aromatic carbocycles. The van der Waals surface area contributed by atoms with Gasteiger partial charge in [-0.3, -0.25) is 0 Å². The number of halogens is 1. The van der Waals surface area contributed by atoms with Crippen LogP contribution in [-0.2, 0) is 29.2 Å². The lowest BCUT2D eigenvalue weighted by Crippen LogP contribution is -2.40. The van der Waals surface area contributed by atoms with Crippen molar-refractivity contribution in [1.29, 1.82) is 0 Å². The van der Waals surface area contributed by atoms with Gasteiger partial charge in [-0.2, -0.15) is 0 Å². The van der Waals surface area contributed by atoms with Crippen LogP contribution in [0.4, 0.5) is 0 Å². The number of nitrogens with zero attached hydrogens (tertiary/aromatic N) is 2. The zero-order valence-electron chi connectivity index (χ0n) is 15.9. The standard InChI is InChI=1S/C20H23BrN2O3S/c1-5-26-19(24)17-10-14-11-23(27(25)20(2,3)4)12-16(14)18(22-17)13-7-6-8-15(21)9-13/h6-10H,5,11-12H2,1-4H3/t27-/m0/s1. The van der Waals surface area contributed by atoms with Crippen LogP contribution in [0.1, 0.15) is 49.3 Å². The number of benzene rings is 1. The largest absolute Gasteiger partial charge is 0.597 e. The van der Waals surface area contributed by atoms with Crippen molar-refractivity contribution in [2.75, 3.05) is 6.61 Å².